The second-order valence-corrected chi connectivity index (χ2v) is 3.82. The Morgan fingerprint density at radius 3 is 2.71 bits per heavy atom. The molecular formula is C11H12ClFO. The molecule has 1 rings (SSSR count). The van der Waals surface area contributed by atoms with Crippen LogP contribution in [0.25, 0.3) is 0 Å². The van der Waals surface area contributed by atoms with Gasteiger partial charge in [-0.15, -0.1) is 0 Å². The quantitative estimate of drug-likeness (QED) is 0.755. The van der Waals surface area contributed by atoms with Crippen LogP contribution in [0.1, 0.15) is 19.4 Å². The number of Topliss-reactive ketones (excluding diaryl/α,β-unsaturated/α-hetero) is 1. The molecular weight excluding hydrogens is 203 g/mol. The van der Waals surface area contributed by atoms with Crippen molar-refractivity contribution in [3.63, 3.8) is 0 Å². The Balaban J connectivity index is 2.91. The van der Waals surface area contributed by atoms with Crippen LogP contribution in [0, 0.1) is 11.7 Å². The summed E-state index contributed by atoms with van der Waals surface area (Å²) in [5, 5.41) is 0.387. The number of halogens is 2. The van der Waals surface area contributed by atoms with Crippen LogP contribution in [-0.4, -0.2) is 5.78 Å². The monoisotopic (exact) mass is 214 g/mol. The third kappa shape index (κ3) is 2.55. The van der Waals surface area contributed by atoms with Crippen LogP contribution in [-0.2, 0) is 11.2 Å². The van der Waals surface area contributed by atoms with Crippen LogP contribution in [0.15, 0.2) is 18.2 Å². The maximum Gasteiger partial charge on any atom is 0.132 e. The summed E-state index contributed by atoms with van der Waals surface area (Å²) in [6.45, 7) is 3.27. The van der Waals surface area contributed by atoms with Crippen LogP contribution in [0.3, 0.4) is 0 Å². The molecule has 0 amide bonds. The van der Waals surface area contributed by atoms with Crippen LogP contribution >= 0.6 is 11.6 Å². The Morgan fingerprint density at radius 1 is 1.57 bits per heavy atom. The zero-order valence-corrected chi connectivity index (χ0v) is 8.94. The van der Waals surface area contributed by atoms with E-state index in [1.807, 2.05) is 0 Å². The van der Waals surface area contributed by atoms with E-state index in [1.54, 1.807) is 19.1 Å². The van der Waals surface area contributed by atoms with Crippen molar-refractivity contribution in [2.45, 2.75) is 20.3 Å². The SMILES string of the molecule is CC(=O)C(C)Cc1c(F)cccc1Cl. The second kappa shape index (κ2) is 4.56. The Morgan fingerprint density at radius 2 is 2.21 bits per heavy atom. The first-order valence-electron chi connectivity index (χ1n) is 4.45. The summed E-state index contributed by atoms with van der Waals surface area (Å²) in [5.41, 5.74) is 0.428. The molecule has 0 saturated carbocycles. The Kier molecular flexibility index (Phi) is 3.64. The zero-order valence-electron chi connectivity index (χ0n) is 8.18. The number of benzene rings is 1. The van der Waals surface area contributed by atoms with Crippen LogP contribution in [0.5, 0.6) is 0 Å². The van der Waals surface area contributed by atoms with Gasteiger partial charge in [0.05, 0.1) is 0 Å². The molecule has 0 aliphatic carbocycles. The third-order valence-corrected chi connectivity index (χ3v) is 2.62. The maximum absolute atomic E-state index is 13.3. The summed E-state index contributed by atoms with van der Waals surface area (Å²) < 4.78 is 13.3. The van der Waals surface area contributed by atoms with Gasteiger partial charge >= 0.3 is 0 Å². The minimum atomic E-state index is -0.342. The normalized spacial score (nSPS) is 12.6. The summed E-state index contributed by atoms with van der Waals surface area (Å²) in [6, 6.07) is 4.54. The molecule has 0 aromatic heterocycles. The van der Waals surface area contributed by atoms with Gasteiger partial charge in [0.2, 0.25) is 0 Å². The van der Waals surface area contributed by atoms with E-state index in [-0.39, 0.29) is 17.5 Å². The van der Waals surface area contributed by atoms with Crippen molar-refractivity contribution in [2.24, 2.45) is 5.92 Å². The Bertz CT molecular complexity index is 329. The fraction of sp³-hybridized carbons (Fsp3) is 0.364. The first-order chi connectivity index (χ1) is 6.52. The van der Waals surface area contributed by atoms with Gasteiger partial charge in [-0.3, -0.25) is 4.79 Å². The molecule has 0 N–H and O–H groups in total. The van der Waals surface area contributed by atoms with Gasteiger partial charge in [-0.1, -0.05) is 24.6 Å². The standard InChI is InChI=1S/C11H12ClFO/c1-7(8(2)14)6-9-10(12)4-3-5-11(9)13/h3-5,7H,6H2,1-2H3. The van der Waals surface area contributed by atoms with Crippen molar-refractivity contribution in [1.29, 1.82) is 0 Å². The van der Waals surface area contributed by atoms with Crippen molar-refractivity contribution in [3.8, 4) is 0 Å². The molecule has 0 fully saturated rings. The van der Waals surface area contributed by atoms with E-state index < -0.39 is 0 Å². The summed E-state index contributed by atoms with van der Waals surface area (Å²) >= 11 is 5.83. The van der Waals surface area contributed by atoms with E-state index in [0.717, 1.165) is 0 Å². The minimum absolute atomic E-state index is 0.0457. The summed E-state index contributed by atoms with van der Waals surface area (Å²) in [4.78, 5) is 11.0. The molecule has 14 heavy (non-hydrogen) atoms. The third-order valence-electron chi connectivity index (χ3n) is 2.27. The van der Waals surface area contributed by atoms with Crippen LogP contribution in [0.4, 0.5) is 4.39 Å². The highest BCUT2D eigenvalue weighted by atomic mass is 35.5. The van der Waals surface area contributed by atoms with Gasteiger partial charge in [-0.05, 0) is 25.5 Å². The van der Waals surface area contributed by atoms with Gasteiger partial charge in [0.25, 0.3) is 0 Å². The molecule has 0 bridgehead atoms. The van der Waals surface area contributed by atoms with Crippen molar-refractivity contribution in [1.82, 2.24) is 0 Å². The van der Waals surface area contributed by atoms with Gasteiger partial charge in [0.15, 0.2) is 0 Å². The number of rotatable bonds is 3. The number of hydrogen-bond donors (Lipinski definition) is 0. The zero-order chi connectivity index (χ0) is 10.7. The van der Waals surface area contributed by atoms with Gasteiger partial charge in [-0.25, -0.2) is 4.39 Å². The highest BCUT2D eigenvalue weighted by molar-refractivity contribution is 6.31. The molecule has 0 radical (unpaired) electrons. The van der Waals surface area contributed by atoms with Crippen molar-refractivity contribution >= 4 is 17.4 Å². The number of hydrogen-bond acceptors (Lipinski definition) is 1. The molecule has 0 saturated heterocycles. The van der Waals surface area contributed by atoms with E-state index in [4.69, 9.17) is 11.6 Å². The van der Waals surface area contributed by atoms with Crippen LogP contribution in [0.2, 0.25) is 5.02 Å². The Hall–Kier alpha value is -0.890. The lowest BCUT2D eigenvalue weighted by atomic mass is 9.97. The van der Waals surface area contributed by atoms with Gasteiger partial charge < -0.3 is 0 Å². The fourth-order valence-electron chi connectivity index (χ4n) is 1.18. The highest BCUT2D eigenvalue weighted by Crippen LogP contribution is 2.22. The average Bonchev–Trinajstić information content (AvgIpc) is 2.11. The molecule has 0 heterocycles. The summed E-state index contributed by atoms with van der Waals surface area (Å²) in [5.74, 6) is -0.487. The lowest BCUT2D eigenvalue weighted by molar-refractivity contribution is -0.120. The summed E-state index contributed by atoms with van der Waals surface area (Å²) in [6.07, 6.45) is 0.362. The van der Waals surface area contributed by atoms with E-state index in [1.165, 1.54) is 13.0 Å². The van der Waals surface area contributed by atoms with E-state index in [0.29, 0.717) is 17.0 Å². The number of carbonyl (C=O) groups excluding carboxylic acids is 1. The second-order valence-electron chi connectivity index (χ2n) is 3.42. The van der Waals surface area contributed by atoms with Crippen molar-refractivity contribution < 1.29 is 9.18 Å². The van der Waals surface area contributed by atoms with Crippen LogP contribution < -0.4 is 0 Å². The van der Waals surface area contributed by atoms with Gasteiger partial charge in [-0.2, -0.15) is 0 Å². The molecule has 1 unspecified atom stereocenters. The van der Waals surface area contributed by atoms with Crippen molar-refractivity contribution in [2.75, 3.05) is 0 Å². The maximum atomic E-state index is 13.3. The molecule has 1 nitrogen and oxygen atoms in total. The largest absolute Gasteiger partial charge is 0.300 e. The first kappa shape index (κ1) is 11.2. The van der Waals surface area contributed by atoms with E-state index in [9.17, 15) is 9.18 Å². The molecule has 1 aromatic rings. The summed E-state index contributed by atoms with van der Waals surface area (Å²) in [7, 11) is 0. The van der Waals surface area contributed by atoms with Gasteiger partial charge in [0, 0.05) is 16.5 Å². The molecule has 76 valence electrons. The first-order valence-corrected chi connectivity index (χ1v) is 4.83. The molecule has 3 heteroatoms. The molecule has 1 aromatic carbocycles. The topological polar surface area (TPSA) is 17.1 Å². The number of ketones is 1. The molecule has 0 spiro atoms. The fourth-order valence-corrected chi connectivity index (χ4v) is 1.42. The van der Waals surface area contributed by atoms with Crippen molar-refractivity contribution in [3.05, 3.63) is 34.6 Å². The highest BCUT2D eigenvalue weighted by Gasteiger charge is 2.14. The predicted octanol–water partition coefficient (Wildman–Crippen LogP) is 3.25. The lowest BCUT2D eigenvalue weighted by Gasteiger charge is -2.09. The van der Waals surface area contributed by atoms with E-state index >= 15 is 0 Å². The molecule has 0 aliphatic rings. The lowest BCUT2D eigenvalue weighted by Crippen LogP contribution is -2.10. The Labute approximate surface area is 87.9 Å². The smallest absolute Gasteiger partial charge is 0.132 e. The molecule has 1 atom stereocenters. The molecule has 0 aliphatic heterocycles. The number of carbonyl (C=O) groups is 1. The predicted molar refractivity (Wildman–Crippen MR) is 55.0 cm³/mol. The minimum Gasteiger partial charge on any atom is -0.300 e. The average molecular weight is 215 g/mol. The van der Waals surface area contributed by atoms with Gasteiger partial charge in [0.1, 0.15) is 11.6 Å². The van der Waals surface area contributed by atoms with E-state index in [2.05, 4.69) is 0 Å².